The monoisotopic (exact) mass is 316 g/mol. The summed E-state index contributed by atoms with van der Waals surface area (Å²) >= 11 is 0. The van der Waals surface area contributed by atoms with Crippen LogP contribution >= 0.6 is 0 Å². The molecule has 0 aromatic carbocycles. The maximum atomic E-state index is 11.4. The molecule has 1 N–H and O–H groups in total. The second-order valence-corrected chi connectivity index (χ2v) is 4.83. The molecule has 0 saturated carbocycles. The summed E-state index contributed by atoms with van der Waals surface area (Å²) in [6.07, 6.45) is 2.46. The van der Waals surface area contributed by atoms with Crippen molar-refractivity contribution in [1.29, 1.82) is 0 Å². The maximum Gasteiger partial charge on any atom is 0.342 e. The molecule has 0 aliphatic carbocycles. The van der Waals surface area contributed by atoms with Gasteiger partial charge in [0, 0.05) is 14.0 Å². The molecule has 11 heteroatoms. The van der Waals surface area contributed by atoms with Crippen LogP contribution < -0.4 is 5.32 Å². The highest BCUT2D eigenvalue weighted by atomic mass is 16.6. The second kappa shape index (κ2) is 5.12. The Morgan fingerprint density at radius 1 is 1.30 bits per heavy atom. The first-order valence-corrected chi connectivity index (χ1v) is 6.52. The zero-order valence-corrected chi connectivity index (χ0v) is 12.5. The normalized spacial score (nSPS) is 10.9. The number of carbonyl (C=O) groups excluding carboxylic acids is 1. The van der Waals surface area contributed by atoms with Crippen molar-refractivity contribution in [3.63, 3.8) is 0 Å². The van der Waals surface area contributed by atoms with Gasteiger partial charge in [0.2, 0.25) is 11.7 Å². The lowest BCUT2D eigenvalue weighted by Gasteiger charge is -2.03. The molecule has 1 amide bonds. The predicted octanol–water partition coefficient (Wildman–Crippen LogP) is 0.630. The number of amides is 1. The topological polar surface area (TPSA) is 134 Å². The minimum atomic E-state index is -0.535. The van der Waals surface area contributed by atoms with Gasteiger partial charge in [-0.15, -0.1) is 0 Å². The Kier molecular flexibility index (Phi) is 3.24. The van der Waals surface area contributed by atoms with Crippen molar-refractivity contribution in [3.8, 4) is 11.5 Å². The first-order chi connectivity index (χ1) is 10.9. The fourth-order valence-electron chi connectivity index (χ4n) is 2.30. The number of anilines is 1. The number of nitro groups is 1. The summed E-state index contributed by atoms with van der Waals surface area (Å²) in [5.74, 6) is 0.0855. The molecule has 0 unspecified atom stereocenters. The number of nitrogens with zero attached hydrogens (tertiary/aromatic N) is 7. The lowest BCUT2D eigenvalue weighted by Crippen LogP contribution is -2.08. The molecular formula is C12H12N8O3. The average Bonchev–Trinajstić information content (AvgIpc) is 3.00. The van der Waals surface area contributed by atoms with Crippen LogP contribution in [0.5, 0.6) is 0 Å². The van der Waals surface area contributed by atoms with Crippen molar-refractivity contribution < 1.29 is 9.72 Å². The average molecular weight is 316 g/mol. The van der Waals surface area contributed by atoms with Gasteiger partial charge in [0.1, 0.15) is 18.3 Å². The molecule has 11 nitrogen and oxygen atoms in total. The van der Waals surface area contributed by atoms with Gasteiger partial charge >= 0.3 is 5.82 Å². The van der Waals surface area contributed by atoms with Crippen LogP contribution in [0, 0.1) is 10.1 Å². The first kappa shape index (κ1) is 14.6. The van der Waals surface area contributed by atoms with E-state index in [0.29, 0.717) is 16.7 Å². The number of aromatic nitrogens is 6. The molecule has 3 rings (SSSR count). The van der Waals surface area contributed by atoms with Crippen LogP contribution in [0.15, 0.2) is 12.5 Å². The number of carbonyl (C=O) groups is 1. The van der Waals surface area contributed by atoms with Gasteiger partial charge in [-0.25, -0.2) is 24.2 Å². The molecule has 3 aromatic heterocycles. The van der Waals surface area contributed by atoms with Crippen molar-refractivity contribution >= 4 is 28.6 Å². The van der Waals surface area contributed by atoms with Crippen LogP contribution in [0.1, 0.15) is 6.92 Å². The molecule has 23 heavy (non-hydrogen) atoms. The van der Waals surface area contributed by atoms with E-state index >= 15 is 0 Å². The molecule has 3 heterocycles. The summed E-state index contributed by atoms with van der Waals surface area (Å²) in [7, 11) is 3.19. The largest absolute Gasteiger partial charge is 0.358 e. The third-order valence-electron chi connectivity index (χ3n) is 3.28. The molecule has 0 fully saturated rings. The van der Waals surface area contributed by atoms with Crippen LogP contribution in [0.4, 0.5) is 11.6 Å². The molecule has 0 radical (unpaired) electrons. The number of hydrogen-bond acceptors (Lipinski definition) is 7. The van der Waals surface area contributed by atoms with Gasteiger partial charge in [-0.3, -0.25) is 4.79 Å². The molecule has 0 aliphatic rings. The quantitative estimate of drug-likeness (QED) is 0.553. The van der Waals surface area contributed by atoms with E-state index in [9.17, 15) is 14.9 Å². The van der Waals surface area contributed by atoms with Gasteiger partial charge in [-0.05, 0) is 4.92 Å². The Labute approximate surface area is 129 Å². The van der Waals surface area contributed by atoms with Crippen LogP contribution in [-0.2, 0) is 18.9 Å². The second-order valence-electron chi connectivity index (χ2n) is 4.83. The van der Waals surface area contributed by atoms with Crippen molar-refractivity contribution in [1.82, 2.24) is 29.3 Å². The summed E-state index contributed by atoms with van der Waals surface area (Å²) in [5, 5.41) is 18.4. The maximum absolute atomic E-state index is 11.4. The Balaban J connectivity index is 2.30. The van der Waals surface area contributed by atoms with Crippen molar-refractivity contribution in [3.05, 3.63) is 22.6 Å². The van der Waals surface area contributed by atoms with Gasteiger partial charge in [-0.2, -0.15) is 5.10 Å². The standard InChI is InChI=1S/C12H12N8O3/c1-6(21)16-10-8-9(17-19(3)11(8)15-5-14-10)12-13-4-7(18(12)2)20(22)23/h4-5H,1-3H3,(H,14,15,16,21). The number of hydrogen-bond donors (Lipinski definition) is 1. The summed E-state index contributed by atoms with van der Waals surface area (Å²) in [5.41, 5.74) is 0.826. The Hall–Kier alpha value is -3.37. The fourth-order valence-corrected chi connectivity index (χ4v) is 2.30. The van der Waals surface area contributed by atoms with Crippen molar-refractivity contribution in [2.75, 3.05) is 5.32 Å². The van der Waals surface area contributed by atoms with Gasteiger partial charge in [0.05, 0.1) is 12.4 Å². The number of imidazole rings is 1. The Morgan fingerprint density at radius 3 is 2.65 bits per heavy atom. The molecular weight excluding hydrogens is 304 g/mol. The van der Waals surface area contributed by atoms with E-state index in [0.717, 1.165) is 6.20 Å². The van der Waals surface area contributed by atoms with Crippen LogP contribution in [-0.4, -0.2) is 40.1 Å². The molecule has 3 aromatic rings. The SMILES string of the molecule is CC(=O)Nc1ncnc2c1c(-c1ncc([N+](=O)[O-])n1C)nn2C. The Bertz CT molecular complexity index is 941. The summed E-state index contributed by atoms with van der Waals surface area (Å²) in [6.45, 7) is 1.36. The first-order valence-electron chi connectivity index (χ1n) is 6.52. The van der Waals surface area contributed by atoms with E-state index in [-0.39, 0.29) is 23.4 Å². The zero-order valence-electron chi connectivity index (χ0n) is 12.5. The van der Waals surface area contributed by atoms with E-state index in [4.69, 9.17) is 0 Å². The number of nitrogens with one attached hydrogen (secondary N) is 1. The summed E-state index contributed by atoms with van der Waals surface area (Å²) in [4.78, 5) is 34.1. The predicted molar refractivity (Wildman–Crippen MR) is 79.5 cm³/mol. The van der Waals surface area contributed by atoms with Gasteiger partial charge in [0.25, 0.3) is 0 Å². The fraction of sp³-hybridized carbons (Fsp3) is 0.250. The zero-order chi connectivity index (χ0) is 16.7. The lowest BCUT2D eigenvalue weighted by atomic mass is 10.2. The number of fused-ring (bicyclic) bond motifs is 1. The minimum Gasteiger partial charge on any atom is -0.358 e. The molecule has 118 valence electrons. The molecule has 0 aliphatic heterocycles. The number of aryl methyl sites for hydroxylation is 1. The molecule has 0 saturated heterocycles. The smallest absolute Gasteiger partial charge is 0.342 e. The van der Waals surface area contributed by atoms with Crippen LogP contribution in [0.2, 0.25) is 0 Å². The highest BCUT2D eigenvalue weighted by molar-refractivity contribution is 6.03. The van der Waals surface area contributed by atoms with E-state index in [1.165, 1.54) is 29.5 Å². The van der Waals surface area contributed by atoms with E-state index < -0.39 is 4.92 Å². The van der Waals surface area contributed by atoms with Gasteiger partial charge in [-0.1, -0.05) is 0 Å². The molecule has 0 spiro atoms. The Morgan fingerprint density at radius 2 is 2.04 bits per heavy atom. The van der Waals surface area contributed by atoms with E-state index in [1.807, 2.05) is 0 Å². The summed E-state index contributed by atoms with van der Waals surface area (Å²) < 4.78 is 2.81. The van der Waals surface area contributed by atoms with E-state index in [1.54, 1.807) is 7.05 Å². The van der Waals surface area contributed by atoms with Crippen LogP contribution in [0.3, 0.4) is 0 Å². The minimum absolute atomic E-state index is 0.170. The third kappa shape index (κ3) is 2.27. The molecule has 0 atom stereocenters. The third-order valence-corrected chi connectivity index (χ3v) is 3.28. The van der Waals surface area contributed by atoms with Crippen molar-refractivity contribution in [2.24, 2.45) is 14.1 Å². The lowest BCUT2D eigenvalue weighted by molar-refractivity contribution is -0.391. The highest BCUT2D eigenvalue weighted by Gasteiger charge is 2.25. The van der Waals surface area contributed by atoms with Gasteiger partial charge in [0.15, 0.2) is 11.3 Å². The number of rotatable bonds is 3. The van der Waals surface area contributed by atoms with Gasteiger partial charge < -0.3 is 15.4 Å². The van der Waals surface area contributed by atoms with Crippen molar-refractivity contribution in [2.45, 2.75) is 6.92 Å². The highest BCUT2D eigenvalue weighted by Crippen LogP contribution is 2.31. The van der Waals surface area contributed by atoms with E-state index in [2.05, 4.69) is 25.4 Å². The summed E-state index contributed by atoms with van der Waals surface area (Å²) in [6, 6.07) is 0. The van der Waals surface area contributed by atoms with Crippen LogP contribution in [0.25, 0.3) is 22.6 Å². The molecule has 0 bridgehead atoms.